The molecule has 0 heterocycles. The van der Waals surface area contributed by atoms with E-state index in [0.717, 1.165) is 5.56 Å². The minimum Gasteiger partial charge on any atom is -0.484 e. The highest BCUT2D eigenvalue weighted by Crippen LogP contribution is 2.18. The molecule has 0 aromatic heterocycles. The molecular weight excluding hydrogens is 310 g/mol. The lowest BCUT2D eigenvalue weighted by molar-refractivity contribution is -0.385. The number of rotatable bonds is 6. The number of nitro benzene ring substituents is 1. The number of hydrogen-bond acceptors (Lipinski definition) is 5. The fraction of sp³-hybridized carbons (Fsp3) is 0.176. The molecule has 7 nitrogen and oxygen atoms in total. The molecule has 1 N–H and O–H groups in total. The van der Waals surface area contributed by atoms with Crippen molar-refractivity contribution in [1.82, 2.24) is 5.43 Å². The molecule has 24 heavy (non-hydrogen) atoms. The van der Waals surface area contributed by atoms with Gasteiger partial charge in [0, 0.05) is 6.07 Å². The van der Waals surface area contributed by atoms with Crippen molar-refractivity contribution >= 4 is 17.3 Å². The van der Waals surface area contributed by atoms with Gasteiger partial charge < -0.3 is 4.74 Å². The Morgan fingerprint density at radius 2 is 2.00 bits per heavy atom. The zero-order valence-electron chi connectivity index (χ0n) is 13.4. The summed E-state index contributed by atoms with van der Waals surface area (Å²) in [6.07, 6.45) is 0. The maximum Gasteiger partial charge on any atom is 0.278 e. The second-order valence-electron chi connectivity index (χ2n) is 5.11. The average molecular weight is 327 g/mol. The van der Waals surface area contributed by atoms with Crippen LogP contribution in [-0.2, 0) is 4.79 Å². The van der Waals surface area contributed by atoms with E-state index in [0.29, 0.717) is 17.0 Å². The van der Waals surface area contributed by atoms with Crippen LogP contribution in [0.3, 0.4) is 0 Å². The predicted octanol–water partition coefficient (Wildman–Crippen LogP) is 2.82. The average Bonchev–Trinajstić information content (AvgIpc) is 2.58. The van der Waals surface area contributed by atoms with Crippen LogP contribution in [0, 0.1) is 17.0 Å². The quantitative estimate of drug-likeness (QED) is 0.501. The van der Waals surface area contributed by atoms with Crippen molar-refractivity contribution in [2.45, 2.75) is 13.8 Å². The van der Waals surface area contributed by atoms with Crippen LogP contribution in [0.15, 0.2) is 53.6 Å². The van der Waals surface area contributed by atoms with Crippen LogP contribution >= 0.6 is 0 Å². The summed E-state index contributed by atoms with van der Waals surface area (Å²) in [4.78, 5) is 22.3. The van der Waals surface area contributed by atoms with Gasteiger partial charge in [0.2, 0.25) is 0 Å². The van der Waals surface area contributed by atoms with Gasteiger partial charge in [-0.05, 0) is 37.6 Å². The molecule has 1 amide bonds. The molecule has 7 heteroatoms. The van der Waals surface area contributed by atoms with Gasteiger partial charge in [0.25, 0.3) is 11.6 Å². The fourth-order valence-corrected chi connectivity index (χ4v) is 2.03. The third kappa shape index (κ3) is 4.64. The Morgan fingerprint density at radius 3 is 2.71 bits per heavy atom. The van der Waals surface area contributed by atoms with Crippen LogP contribution in [0.1, 0.15) is 18.1 Å². The summed E-state index contributed by atoms with van der Waals surface area (Å²) in [6.45, 7) is 3.31. The van der Waals surface area contributed by atoms with Crippen molar-refractivity contribution < 1.29 is 14.5 Å². The van der Waals surface area contributed by atoms with Crippen molar-refractivity contribution in [2.75, 3.05) is 6.61 Å². The second-order valence-corrected chi connectivity index (χ2v) is 5.11. The van der Waals surface area contributed by atoms with Crippen LogP contribution in [-0.4, -0.2) is 23.1 Å². The van der Waals surface area contributed by atoms with Crippen molar-refractivity contribution in [3.8, 4) is 5.75 Å². The summed E-state index contributed by atoms with van der Waals surface area (Å²) in [5.41, 5.74) is 3.98. The van der Waals surface area contributed by atoms with Crippen LogP contribution in [0.2, 0.25) is 0 Å². The number of amides is 1. The number of hydrazone groups is 1. The molecule has 0 saturated heterocycles. The number of benzene rings is 2. The lowest BCUT2D eigenvalue weighted by Gasteiger charge is -2.06. The molecule has 0 bridgehead atoms. The molecule has 124 valence electrons. The summed E-state index contributed by atoms with van der Waals surface area (Å²) >= 11 is 0. The molecule has 0 aliphatic rings. The molecule has 2 rings (SSSR count). The van der Waals surface area contributed by atoms with Crippen molar-refractivity contribution in [1.29, 1.82) is 0 Å². The molecule has 0 aliphatic carbocycles. The smallest absolute Gasteiger partial charge is 0.278 e. The van der Waals surface area contributed by atoms with E-state index >= 15 is 0 Å². The molecule has 2 aromatic carbocycles. The van der Waals surface area contributed by atoms with Crippen molar-refractivity contribution in [2.24, 2.45) is 5.10 Å². The van der Waals surface area contributed by atoms with Gasteiger partial charge in [-0.3, -0.25) is 14.9 Å². The Bertz CT molecular complexity index is 787. The summed E-state index contributed by atoms with van der Waals surface area (Å²) in [7, 11) is 0. The molecule has 0 fully saturated rings. The number of nitrogens with zero attached hydrogens (tertiary/aromatic N) is 2. The maximum absolute atomic E-state index is 11.8. The molecular formula is C17H17N3O4. The molecule has 0 saturated carbocycles. The van der Waals surface area contributed by atoms with Gasteiger partial charge in [-0.2, -0.15) is 5.10 Å². The third-order valence-electron chi connectivity index (χ3n) is 3.20. The van der Waals surface area contributed by atoms with E-state index in [1.165, 1.54) is 6.07 Å². The Morgan fingerprint density at radius 1 is 1.25 bits per heavy atom. The first kappa shape index (κ1) is 17.1. The van der Waals surface area contributed by atoms with E-state index in [-0.39, 0.29) is 12.3 Å². The van der Waals surface area contributed by atoms with Crippen molar-refractivity contribution in [3.05, 3.63) is 69.8 Å². The van der Waals surface area contributed by atoms with Gasteiger partial charge in [0.05, 0.1) is 16.2 Å². The molecule has 0 unspecified atom stereocenters. The number of nitrogens with one attached hydrogen (secondary N) is 1. The highest BCUT2D eigenvalue weighted by atomic mass is 16.6. The third-order valence-corrected chi connectivity index (χ3v) is 3.20. The standard InChI is InChI=1S/C17H17N3O4/c1-12-6-5-7-14(10-12)24-11-17(21)19-18-13(2)15-8-3-4-9-16(15)20(22)23/h3-10H,11H2,1-2H3,(H,19,21)/b18-13-. The minimum atomic E-state index is -0.489. The summed E-state index contributed by atoms with van der Waals surface area (Å²) < 4.78 is 5.36. The molecule has 2 aromatic rings. The van der Waals surface area contributed by atoms with Crippen LogP contribution < -0.4 is 10.2 Å². The minimum absolute atomic E-state index is 0.0657. The first-order valence-electron chi connectivity index (χ1n) is 7.24. The van der Waals surface area contributed by atoms with Gasteiger partial charge in [-0.15, -0.1) is 0 Å². The maximum atomic E-state index is 11.8. The van der Waals surface area contributed by atoms with E-state index in [1.807, 2.05) is 25.1 Å². The lowest BCUT2D eigenvalue weighted by atomic mass is 10.1. The van der Waals surface area contributed by atoms with Gasteiger partial charge in [0.15, 0.2) is 6.61 Å². The Hall–Kier alpha value is -3.22. The monoisotopic (exact) mass is 327 g/mol. The van der Waals surface area contributed by atoms with Crippen molar-refractivity contribution in [3.63, 3.8) is 0 Å². The molecule has 0 aliphatic heterocycles. The Balaban J connectivity index is 1.97. The zero-order valence-corrected chi connectivity index (χ0v) is 13.4. The Labute approximate surface area is 139 Å². The zero-order chi connectivity index (χ0) is 17.5. The molecule has 0 atom stereocenters. The number of carbonyl (C=O) groups excluding carboxylic acids is 1. The first-order valence-corrected chi connectivity index (χ1v) is 7.24. The largest absolute Gasteiger partial charge is 0.484 e. The van der Waals surface area contributed by atoms with E-state index in [4.69, 9.17) is 4.74 Å². The lowest BCUT2D eigenvalue weighted by Crippen LogP contribution is -2.25. The number of nitro groups is 1. The molecule has 0 spiro atoms. The molecule has 0 radical (unpaired) electrons. The van der Waals surface area contributed by atoms with E-state index in [1.54, 1.807) is 31.2 Å². The van der Waals surface area contributed by atoms with Crippen LogP contribution in [0.5, 0.6) is 5.75 Å². The Kier molecular flexibility index (Phi) is 5.62. The van der Waals surface area contributed by atoms with E-state index in [2.05, 4.69) is 10.5 Å². The first-order chi connectivity index (χ1) is 11.5. The summed E-state index contributed by atoms with van der Waals surface area (Å²) in [5, 5.41) is 14.9. The van der Waals surface area contributed by atoms with E-state index in [9.17, 15) is 14.9 Å². The number of ether oxygens (including phenoxy) is 1. The predicted molar refractivity (Wildman–Crippen MR) is 90.1 cm³/mol. The van der Waals surface area contributed by atoms with Crippen LogP contribution in [0.25, 0.3) is 0 Å². The number of hydrogen-bond donors (Lipinski definition) is 1. The highest BCUT2D eigenvalue weighted by molar-refractivity contribution is 6.02. The number of carbonyl (C=O) groups is 1. The van der Waals surface area contributed by atoms with Gasteiger partial charge in [-0.1, -0.05) is 24.3 Å². The SMILES string of the molecule is C/C(=N/NC(=O)COc1cccc(C)c1)c1ccccc1[N+](=O)[O-]. The summed E-state index contributed by atoms with van der Waals surface area (Å²) in [6, 6.07) is 13.5. The highest BCUT2D eigenvalue weighted by Gasteiger charge is 2.14. The fourth-order valence-electron chi connectivity index (χ4n) is 2.03. The van der Waals surface area contributed by atoms with Gasteiger partial charge >= 0.3 is 0 Å². The number of para-hydroxylation sites is 1. The summed E-state index contributed by atoms with van der Waals surface area (Å²) in [5.74, 6) is 0.138. The second kappa shape index (κ2) is 7.87. The topological polar surface area (TPSA) is 93.8 Å². The van der Waals surface area contributed by atoms with E-state index < -0.39 is 10.8 Å². The van der Waals surface area contributed by atoms with Gasteiger partial charge in [-0.25, -0.2) is 5.43 Å². The van der Waals surface area contributed by atoms with Crippen LogP contribution in [0.4, 0.5) is 5.69 Å². The normalized spacial score (nSPS) is 11.0. The number of aryl methyl sites for hydroxylation is 1. The van der Waals surface area contributed by atoms with Gasteiger partial charge in [0.1, 0.15) is 5.75 Å².